The smallest absolute Gasteiger partial charge is 0.227 e. The fourth-order valence-electron chi connectivity index (χ4n) is 3.29. The van der Waals surface area contributed by atoms with E-state index in [0.717, 1.165) is 33.4 Å². The van der Waals surface area contributed by atoms with Crippen LogP contribution in [-0.2, 0) is 17.8 Å². The van der Waals surface area contributed by atoms with Gasteiger partial charge in [-0.3, -0.25) is 4.79 Å². The molecule has 1 heterocycles. The van der Waals surface area contributed by atoms with Crippen molar-refractivity contribution < 1.29 is 14.3 Å². The van der Waals surface area contributed by atoms with E-state index < -0.39 is 0 Å². The number of ether oxygens (including phenoxy) is 2. The Morgan fingerprint density at radius 1 is 0.962 bits per heavy atom. The second-order valence-corrected chi connectivity index (χ2v) is 6.54. The van der Waals surface area contributed by atoms with Gasteiger partial charge in [-0.15, -0.1) is 0 Å². The number of hydrogen-bond acceptors (Lipinski definition) is 3. The normalized spacial score (nSPS) is 12.8. The number of carbonyl (C=O) groups is 1. The lowest BCUT2D eigenvalue weighted by Gasteiger charge is -2.21. The molecule has 0 saturated heterocycles. The number of likely N-dealkylation sites (N-methyl/N-ethyl adjacent to an activating group) is 1. The maximum absolute atomic E-state index is 12.7. The van der Waals surface area contributed by atoms with Crippen molar-refractivity contribution in [2.75, 3.05) is 20.3 Å². The molecule has 0 aromatic heterocycles. The molecule has 0 bridgehead atoms. The van der Waals surface area contributed by atoms with Crippen LogP contribution in [0.4, 0.5) is 0 Å². The number of fused-ring (bicyclic) bond motifs is 2. The van der Waals surface area contributed by atoms with Crippen molar-refractivity contribution in [3.63, 3.8) is 0 Å². The van der Waals surface area contributed by atoms with Crippen LogP contribution in [0.2, 0.25) is 0 Å². The third-order valence-electron chi connectivity index (χ3n) is 4.67. The van der Waals surface area contributed by atoms with Crippen LogP contribution in [0.5, 0.6) is 11.5 Å². The van der Waals surface area contributed by atoms with E-state index in [4.69, 9.17) is 9.47 Å². The van der Waals surface area contributed by atoms with E-state index in [9.17, 15) is 4.79 Å². The van der Waals surface area contributed by atoms with E-state index in [2.05, 4.69) is 18.2 Å². The molecular weight excluding hydrogens is 326 g/mol. The number of benzene rings is 3. The molecule has 0 atom stereocenters. The number of rotatable bonds is 4. The van der Waals surface area contributed by atoms with Crippen molar-refractivity contribution in [1.29, 1.82) is 0 Å². The highest BCUT2D eigenvalue weighted by molar-refractivity contribution is 5.90. The van der Waals surface area contributed by atoms with E-state index in [1.54, 1.807) is 4.90 Å². The van der Waals surface area contributed by atoms with Gasteiger partial charge >= 0.3 is 0 Å². The minimum Gasteiger partial charge on any atom is -0.486 e. The summed E-state index contributed by atoms with van der Waals surface area (Å²) in [6.45, 7) is 1.68. The molecule has 26 heavy (non-hydrogen) atoms. The fraction of sp³-hybridized carbons (Fsp3) is 0.227. The summed E-state index contributed by atoms with van der Waals surface area (Å²) >= 11 is 0. The van der Waals surface area contributed by atoms with Crippen LogP contribution in [0.25, 0.3) is 10.8 Å². The van der Waals surface area contributed by atoms with Crippen LogP contribution in [-0.4, -0.2) is 31.1 Å². The number of carbonyl (C=O) groups excluding carboxylic acids is 1. The molecule has 0 saturated carbocycles. The largest absolute Gasteiger partial charge is 0.486 e. The summed E-state index contributed by atoms with van der Waals surface area (Å²) in [6.07, 6.45) is 0.391. The van der Waals surface area contributed by atoms with E-state index in [-0.39, 0.29) is 5.91 Å². The van der Waals surface area contributed by atoms with E-state index in [1.165, 1.54) is 0 Å². The average molecular weight is 347 g/mol. The second kappa shape index (κ2) is 7.08. The fourth-order valence-corrected chi connectivity index (χ4v) is 3.29. The summed E-state index contributed by atoms with van der Waals surface area (Å²) in [5.74, 6) is 1.62. The van der Waals surface area contributed by atoms with Gasteiger partial charge in [0.25, 0.3) is 0 Å². The molecule has 0 unspecified atom stereocenters. The summed E-state index contributed by atoms with van der Waals surface area (Å²) in [5.41, 5.74) is 2.09. The molecule has 4 nitrogen and oxygen atoms in total. The van der Waals surface area contributed by atoms with Gasteiger partial charge in [0.1, 0.15) is 13.2 Å². The third-order valence-corrected chi connectivity index (χ3v) is 4.67. The Morgan fingerprint density at radius 2 is 1.73 bits per heavy atom. The number of nitrogens with zero attached hydrogens (tertiary/aromatic N) is 1. The van der Waals surface area contributed by atoms with Gasteiger partial charge in [-0.1, -0.05) is 48.5 Å². The lowest BCUT2D eigenvalue weighted by Crippen LogP contribution is -2.28. The Balaban J connectivity index is 1.48. The third kappa shape index (κ3) is 3.36. The van der Waals surface area contributed by atoms with Crippen LogP contribution in [0.1, 0.15) is 11.1 Å². The first kappa shape index (κ1) is 16.5. The summed E-state index contributed by atoms with van der Waals surface area (Å²) < 4.78 is 11.2. The van der Waals surface area contributed by atoms with Crippen LogP contribution >= 0.6 is 0 Å². The van der Waals surface area contributed by atoms with Crippen LogP contribution in [0.3, 0.4) is 0 Å². The Labute approximate surface area is 153 Å². The van der Waals surface area contributed by atoms with Gasteiger partial charge in [-0.25, -0.2) is 0 Å². The molecule has 0 radical (unpaired) electrons. The van der Waals surface area contributed by atoms with Gasteiger partial charge in [-0.2, -0.15) is 0 Å². The highest BCUT2D eigenvalue weighted by Crippen LogP contribution is 2.31. The Morgan fingerprint density at radius 3 is 2.62 bits per heavy atom. The predicted molar refractivity (Wildman–Crippen MR) is 102 cm³/mol. The number of amides is 1. The predicted octanol–water partition coefficient (Wildman–Crippen LogP) is 3.81. The second-order valence-electron chi connectivity index (χ2n) is 6.54. The zero-order chi connectivity index (χ0) is 17.9. The molecule has 3 aromatic rings. The Hall–Kier alpha value is -3.01. The van der Waals surface area contributed by atoms with E-state index in [0.29, 0.717) is 26.2 Å². The first-order chi connectivity index (χ1) is 12.7. The van der Waals surface area contributed by atoms with Gasteiger partial charge < -0.3 is 14.4 Å². The summed E-state index contributed by atoms with van der Waals surface area (Å²) in [7, 11) is 1.84. The van der Waals surface area contributed by atoms with Crippen molar-refractivity contribution in [3.8, 4) is 11.5 Å². The van der Waals surface area contributed by atoms with Crippen molar-refractivity contribution in [2.45, 2.75) is 13.0 Å². The van der Waals surface area contributed by atoms with Gasteiger partial charge in [0.15, 0.2) is 11.5 Å². The minimum atomic E-state index is 0.0937. The molecule has 4 rings (SSSR count). The molecule has 0 aliphatic carbocycles. The maximum Gasteiger partial charge on any atom is 0.227 e. The minimum absolute atomic E-state index is 0.0937. The monoisotopic (exact) mass is 347 g/mol. The zero-order valence-corrected chi connectivity index (χ0v) is 14.8. The van der Waals surface area contributed by atoms with Crippen molar-refractivity contribution in [3.05, 3.63) is 71.8 Å². The number of hydrogen-bond donors (Lipinski definition) is 0. The lowest BCUT2D eigenvalue weighted by molar-refractivity contribution is -0.129. The van der Waals surface area contributed by atoms with Crippen LogP contribution in [0, 0.1) is 0 Å². The lowest BCUT2D eigenvalue weighted by atomic mass is 10.0. The average Bonchev–Trinajstić information content (AvgIpc) is 2.68. The molecule has 132 valence electrons. The van der Waals surface area contributed by atoms with E-state index in [1.807, 2.05) is 49.5 Å². The standard InChI is InChI=1S/C22H21NO3/c1-23(15-16-9-10-20-21(13-16)26-12-11-25-20)22(24)14-18-7-4-6-17-5-2-3-8-19(17)18/h2-10,13H,11-12,14-15H2,1H3. The van der Waals surface area contributed by atoms with Crippen molar-refractivity contribution in [1.82, 2.24) is 4.90 Å². The topological polar surface area (TPSA) is 38.8 Å². The SMILES string of the molecule is CN(Cc1ccc2c(c1)OCCO2)C(=O)Cc1cccc2ccccc12. The van der Waals surface area contributed by atoms with Crippen LogP contribution in [0.15, 0.2) is 60.7 Å². The summed E-state index contributed by atoms with van der Waals surface area (Å²) in [4.78, 5) is 14.5. The Bertz CT molecular complexity index is 946. The molecule has 3 aromatic carbocycles. The molecule has 0 N–H and O–H groups in total. The summed E-state index contributed by atoms with van der Waals surface area (Å²) in [5, 5.41) is 2.29. The van der Waals surface area contributed by atoms with Gasteiger partial charge in [0.05, 0.1) is 6.42 Å². The molecule has 1 aliphatic rings. The first-order valence-electron chi connectivity index (χ1n) is 8.80. The quantitative estimate of drug-likeness (QED) is 0.720. The molecule has 1 amide bonds. The van der Waals surface area contributed by atoms with Crippen molar-refractivity contribution >= 4 is 16.7 Å². The summed E-state index contributed by atoms with van der Waals surface area (Å²) in [6, 6.07) is 20.1. The zero-order valence-electron chi connectivity index (χ0n) is 14.8. The Kier molecular flexibility index (Phi) is 4.48. The molecule has 0 spiro atoms. The van der Waals surface area contributed by atoms with E-state index >= 15 is 0 Å². The highest BCUT2D eigenvalue weighted by Gasteiger charge is 2.15. The highest BCUT2D eigenvalue weighted by atomic mass is 16.6. The first-order valence-corrected chi connectivity index (χ1v) is 8.80. The van der Waals surface area contributed by atoms with Crippen LogP contribution < -0.4 is 9.47 Å². The van der Waals surface area contributed by atoms with Crippen molar-refractivity contribution in [2.24, 2.45) is 0 Å². The van der Waals surface area contributed by atoms with Gasteiger partial charge in [0.2, 0.25) is 5.91 Å². The molecule has 0 fully saturated rings. The van der Waals surface area contributed by atoms with Gasteiger partial charge in [-0.05, 0) is 34.0 Å². The van der Waals surface area contributed by atoms with Gasteiger partial charge in [0, 0.05) is 13.6 Å². The molecular formula is C22H21NO3. The molecule has 4 heteroatoms. The maximum atomic E-state index is 12.7. The molecule has 1 aliphatic heterocycles.